The van der Waals surface area contributed by atoms with Gasteiger partial charge in [0.1, 0.15) is 16.9 Å². The van der Waals surface area contributed by atoms with Crippen molar-refractivity contribution in [3.05, 3.63) is 23.7 Å². The van der Waals surface area contributed by atoms with Crippen LogP contribution in [0.1, 0.15) is 57.8 Å². The van der Waals surface area contributed by atoms with E-state index in [-0.39, 0.29) is 5.92 Å². The van der Waals surface area contributed by atoms with Crippen LogP contribution in [0, 0.1) is 6.92 Å². The molecule has 2 rings (SSSR count). The van der Waals surface area contributed by atoms with E-state index in [1.54, 1.807) is 6.20 Å². The maximum absolute atomic E-state index is 12.0. The molecule has 0 bridgehead atoms. The zero-order chi connectivity index (χ0) is 15.8. The molecular weight excluding hydrogens is 266 g/mol. The first-order valence-corrected chi connectivity index (χ1v) is 7.46. The lowest BCUT2D eigenvalue weighted by Gasteiger charge is -2.31. The first kappa shape index (κ1) is 15.5. The van der Waals surface area contributed by atoms with E-state index in [0.29, 0.717) is 18.5 Å². The Morgan fingerprint density at radius 3 is 2.48 bits per heavy atom. The van der Waals surface area contributed by atoms with Gasteiger partial charge in [0.2, 0.25) is 0 Å². The smallest absolute Gasteiger partial charge is 0.329 e. The average molecular weight is 289 g/mol. The summed E-state index contributed by atoms with van der Waals surface area (Å²) in [6.07, 6.45) is 2.77. The Hall–Kier alpha value is -1.91. The molecule has 0 amide bonds. The Morgan fingerprint density at radius 2 is 2.00 bits per heavy atom. The predicted molar refractivity (Wildman–Crippen MR) is 82.5 cm³/mol. The highest BCUT2D eigenvalue weighted by molar-refractivity contribution is 5.81. The molecule has 2 heterocycles. The van der Waals surface area contributed by atoms with Crippen LogP contribution < -0.4 is 0 Å². The lowest BCUT2D eigenvalue weighted by Crippen LogP contribution is -2.42. The summed E-state index contributed by atoms with van der Waals surface area (Å²) in [5, 5.41) is 9.84. The summed E-state index contributed by atoms with van der Waals surface area (Å²) < 4.78 is 1.84. The molecule has 0 aliphatic carbocycles. The van der Waals surface area contributed by atoms with Gasteiger partial charge in [-0.2, -0.15) is 0 Å². The summed E-state index contributed by atoms with van der Waals surface area (Å²) in [4.78, 5) is 21.1. The highest BCUT2D eigenvalue weighted by Crippen LogP contribution is 2.33. The van der Waals surface area contributed by atoms with Crippen LogP contribution in [0.3, 0.4) is 0 Å². The fraction of sp³-hybridized carbons (Fsp3) is 0.562. The second kappa shape index (κ2) is 5.47. The summed E-state index contributed by atoms with van der Waals surface area (Å²) in [5.74, 6) is 0.0987. The third-order valence-corrected chi connectivity index (χ3v) is 4.17. The van der Waals surface area contributed by atoms with E-state index in [1.807, 2.05) is 45.3 Å². The van der Waals surface area contributed by atoms with Crippen molar-refractivity contribution >= 4 is 17.1 Å². The highest BCUT2D eigenvalue weighted by Gasteiger charge is 2.40. The number of hydrogen-bond donors (Lipinski definition) is 1. The van der Waals surface area contributed by atoms with Gasteiger partial charge in [0, 0.05) is 12.1 Å². The SMILES string of the molecule is CCC(CC)(C(=O)O)n1c(C(C)C)nc2cc(C)cnc21. The molecular formula is C16H23N3O2. The lowest BCUT2D eigenvalue weighted by molar-refractivity contribution is -0.148. The fourth-order valence-electron chi connectivity index (χ4n) is 2.86. The minimum atomic E-state index is -0.989. The minimum absolute atomic E-state index is 0.135. The van der Waals surface area contributed by atoms with E-state index >= 15 is 0 Å². The third kappa shape index (κ3) is 2.30. The summed E-state index contributed by atoms with van der Waals surface area (Å²) >= 11 is 0. The van der Waals surface area contributed by atoms with Gasteiger partial charge in [-0.3, -0.25) is 4.57 Å². The molecule has 2 aromatic heterocycles. The van der Waals surface area contributed by atoms with Crippen LogP contribution in [0.15, 0.2) is 12.3 Å². The van der Waals surface area contributed by atoms with Crippen LogP contribution in [-0.4, -0.2) is 25.6 Å². The van der Waals surface area contributed by atoms with Crippen molar-refractivity contribution in [2.45, 2.75) is 58.9 Å². The van der Waals surface area contributed by atoms with Gasteiger partial charge < -0.3 is 5.11 Å². The highest BCUT2D eigenvalue weighted by atomic mass is 16.4. The second-order valence-electron chi connectivity index (χ2n) is 5.86. The second-order valence-corrected chi connectivity index (χ2v) is 5.86. The number of rotatable bonds is 5. The summed E-state index contributed by atoms with van der Waals surface area (Å²) in [6.45, 7) is 9.83. The third-order valence-electron chi connectivity index (χ3n) is 4.17. The zero-order valence-corrected chi connectivity index (χ0v) is 13.3. The molecule has 0 fully saturated rings. The normalized spacial score (nSPS) is 12.3. The van der Waals surface area contributed by atoms with Crippen molar-refractivity contribution in [1.82, 2.24) is 14.5 Å². The summed E-state index contributed by atoms with van der Waals surface area (Å²) in [5.41, 5.74) is 1.47. The van der Waals surface area contributed by atoms with Gasteiger partial charge in [-0.05, 0) is 31.4 Å². The van der Waals surface area contributed by atoms with Crippen LogP contribution >= 0.6 is 0 Å². The Kier molecular flexibility index (Phi) is 4.03. The zero-order valence-electron chi connectivity index (χ0n) is 13.3. The number of aliphatic carboxylic acids is 1. The lowest BCUT2D eigenvalue weighted by atomic mass is 9.91. The largest absolute Gasteiger partial charge is 0.479 e. The van der Waals surface area contributed by atoms with Gasteiger partial charge in [-0.15, -0.1) is 0 Å². The number of hydrogen-bond acceptors (Lipinski definition) is 3. The molecule has 5 heteroatoms. The number of nitrogens with zero attached hydrogens (tertiary/aromatic N) is 3. The van der Waals surface area contributed by atoms with Crippen LogP contribution in [0.25, 0.3) is 11.2 Å². The van der Waals surface area contributed by atoms with Gasteiger partial charge in [0.15, 0.2) is 5.65 Å². The molecule has 0 aromatic carbocycles. The number of carbonyl (C=O) groups is 1. The molecule has 0 saturated heterocycles. The number of aromatic nitrogens is 3. The first-order valence-electron chi connectivity index (χ1n) is 7.46. The summed E-state index contributed by atoms with van der Waals surface area (Å²) in [6, 6.07) is 1.96. The van der Waals surface area contributed by atoms with E-state index < -0.39 is 11.5 Å². The molecule has 0 atom stereocenters. The van der Waals surface area contributed by atoms with E-state index in [9.17, 15) is 9.90 Å². The molecule has 114 valence electrons. The van der Waals surface area contributed by atoms with Gasteiger partial charge in [-0.1, -0.05) is 27.7 Å². The molecule has 0 unspecified atom stereocenters. The van der Waals surface area contributed by atoms with Crippen molar-refractivity contribution in [2.75, 3.05) is 0 Å². The number of carboxylic acids is 1. The predicted octanol–water partition coefficient (Wildman–Crippen LogP) is 3.46. The Morgan fingerprint density at radius 1 is 1.38 bits per heavy atom. The van der Waals surface area contributed by atoms with E-state index in [1.165, 1.54) is 0 Å². The topological polar surface area (TPSA) is 68.0 Å². The molecule has 2 aromatic rings. The van der Waals surface area contributed by atoms with Crippen molar-refractivity contribution in [3.63, 3.8) is 0 Å². The first-order chi connectivity index (χ1) is 9.87. The van der Waals surface area contributed by atoms with Crippen molar-refractivity contribution < 1.29 is 9.90 Å². The molecule has 5 nitrogen and oxygen atoms in total. The van der Waals surface area contributed by atoms with Crippen molar-refractivity contribution in [2.24, 2.45) is 0 Å². The number of carboxylic acid groups (broad SMARTS) is 1. The molecule has 0 aliphatic rings. The molecule has 1 N–H and O–H groups in total. The Balaban J connectivity index is 2.87. The molecule has 0 saturated carbocycles. The van der Waals surface area contributed by atoms with Crippen LogP contribution in [0.2, 0.25) is 0 Å². The number of pyridine rings is 1. The number of imidazole rings is 1. The van der Waals surface area contributed by atoms with Crippen LogP contribution in [0.5, 0.6) is 0 Å². The van der Waals surface area contributed by atoms with Gasteiger partial charge >= 0.3 is 5.97 Å². The standard InChI is InChI=1S/C16H23N3O2/c1-6-16(7-2,15(20)21)19-13(10(3)4)18-12-8-11(5)9-17-14(12)19/h8-10H,6-7H2,1-5H3,(H,20,21). The van der Waals surface area contributed by atoms with E-state index in [0.717, 1.165) is 16.9 Å². The Bertz CT molecular complexity index is 669. The Labute approximate surface area is 125 Å². The quantitative estimate of drug-likeness (QED) is 0.915. The van der Waals surface area contributed by atoms with Crippen LogP contribution in [0.4, 0.5) is 0 Å². The minimum Gasteiger partial charge on any atom is -0.479 e. The van der Waals surface area contributed by atoms with Crippen LogP contribution in [-0.2, 0) is 10.3 Å². The van der Waals surface area contributed by atoms with E-state index in [2.05, 4.69) is 9.97 Å². The molecule has 0 radical (unpaired) electrons. The number of aryl methyl sites for hydroxylation is 1. The summed E-state index contributed by atoms with van der Waals surface area (Å²) in [7, 11) is 0. The van der Waals surface area contributed by atoms with Gasteiger partial charge in [0.25, 0.3) is 0 Å². The van der Waals surface area contributed by atoms with Gasteiger partial charge in [0.05, 0.1) is 0 Å². The van der Waals surface area contributed by atoms with Crippen molar-refractivity contribution in [3.8, 4) is 0 Å². The monoisotopic (exact) mass is 289 g/mol. The van der Waals surface area contributed by atoms with Gasteiger partial charge in [-0.25, -0.2) is 14.8 Å². The van der Waals surface area contributed by atoms with Crippen molar-refractivity contribution in [1.29, 1.82) is 0 Å². The number of fused-ring (bicyclic) bond motifs is 1. The molecule has 0 aliphatic heterocycles. The maximum Gasteiger partial charge on any atom is 0.329 e. The molecule has 21 heavy (non-hydrogen) atoms. The van der Waals surface area contributed by atoms with E-state index in [4.69, 9.17) is 0 Å². The maximum atomic E-state index is 12.0. The fourth-order valence-corrected chi connectivity index (χ4v) is 2.86. The molecule has 0 spiro atoms. The average Bonchev–Trinajstić information content (AvgIpc) is 2.80.